The summed E-state index contributed by atoms with van der Waals surface area (Å²) in [6, 6.07) is 2.67. The van der Waals surface area contributed by atoms with Crippen LogP contribution in [0.5, 0.6) is 0 Å². The van der Waals surface area contributed by atoms with Crippen LogP contribution in [-0.4, -0.2) is 26.1 Å². The Kier molecular flexibility index (Phi) is 4.09. The Morgan fingerprint density at radius 2 is 2.10 bits per heavy atom. The predicted octanol–water partition coefficient (Wildman–Crippen LogP) is -1.25. The average molecular weight is 317 g/mol. The molecule has 106 valence electrons. The van der Waals surface area contributed by atoms with E-state index in [4.69, 9.17) is 17.4 Å². The third kappa shape index (κ3) is 6.23. The molecule has 0 aliphatic rings. The van der Waals surface area contributed by atoms with Crippen molar-refractivity contribution in [1.29, 1.82) is 0 Å². The van der Waals surface area contributed by atoms with E-state index >= 15 is 0 Å². The topological polar surface area (TPSA) is 97.6 Å². The molecule has 2 N–H and O–H groups in total. The Labute approximate surface area is 153 Å². The van der Waals surface area contributed by atoms with Gasteiger partial charge in [-0.25, -0.2) is 8.42 Å². The summed E-state index contributed by atoms with van der Waals surface area (Å²) in [6.07, 6.45) is -7.50. The van der Waals surface area contributed by atoms with Crippen molar-refractivity contribution in [3.63, 3.8) is 0 Å². The minimum atomic E-state index is -4.63. The molecule has 20 heavy (non-hydrogen) atoms. The molecule has 0 saturated heterocycles. The van der Waals surface area contributed by atoms with E-state index in [1.54, 1.807) is 0 Å². The molecule has 0 aliphatic carbocycles. The van der Waals surface area contributed by atoms with E-state index in [2.05, 4.69) is 4.72 Å². The van der Waals surface area contributed by atoms with Crippen molar-refractivity contribution in [1.82, 2.24) is 5.32 Å². The smallest absolute Gasteiger partial charge is 0.449 e. The molecule has 0 spiro atoms. The number of aliphatic hydroxyl groups is 1. The molecule has 0 aliphatic heterocycles. The fourth-order valence-electron chi connectivity index (χ4n) is 1.07. The molecule has 1 aromatic rings. The number of sulfonamides is 1. The number of carbonyl (C=O) groups excluding carboxylic acids is 1. The fourth-order valence-corrected chi connectivity index (χ4v) is 1.92. The summed E-state index contributed by atoms with van der Waals surface area (Å²) in [5.74, 6) is 0. The second-order valence-electron chi connectivity index (χ2n) is 3.17. The van der Waals surface area contributed by atoms with E-state index in [1.165, 1.54) is 17.4 Å². The zero-order valence-corrected chi connectivity index (χ0v) is 13.4. The molecule has 2 amide bonds. The quantitative estimate of drug-likeness (QED) is 0.641. The predicted molar refractivity (Wildman–Crippen MR) is 71.2 cm³/mol. The van der Waals surface area contributed by atoms with Gasteiger partial charge in [0.25, 0.3) is 0 Å². The molecule has 0 atom stereocenters. The van der Waals surface area contributed by atoms with Crippen LogP contribution in [0.15, 0.2) is 29.2 Å². The number of carbonyl (C=O) groups is 1. The molecule has 0 saturated carbocycles. The maximum atomic E-state index is 12.1. The summed E-state index contributed by atoms with van der Waals surface area (Å²) in [4.78, 5) is 11.4. The molecule has 1 aromatic carbocycles. The van der Waals surface area contributed by atoms with Crippen LogP contribution in [0.1, 0.15) is 37.5 Å². The number of aliphatic hydroxyl groups excluding tert-OH is 1. The van der Waals surface area contributed by atoms with Gasteiger partial charge < -0.3 is 15.1 Å². The van der Waals surface area contributed by atoms with Crippen molar-refractivity contribution >= 4 is 16.1 Å². The van der Waals surface area contributed by atoms with Gasteiger partial charge in [0.2, 0.25) is 10.0 Å². The summed E-state index contributed by atoms with van der Waals surface area (Å²) < 4.78 is 93.0. The Balaban J connectivity index is 0.00000784. The van der Waals surface area contributed by atoms with E-state index in [9.17, 15) is 13.2 Å². The molecule has 0 radical (unpaired) electrons. The van der Waals surface area contributed by atoms with E-state index in [0.717, 1.165) is 12.1 Å². The second kappa shape index (κ2) is 9.36. The van der Waals surface area contributed by atoms with Crippen LogP contribution in [0, 0.1) is 0 Å². The number of hydrogen-bond acceptors (Lipinski definition) is 4. The van der Waals surface area contributed by atoms with Gasteiger partial charge in [0, 0.05) is 12.3 Å². The SMILES string of the molecule is [2H]C([2H])([2H])C([2H])([2H])C([2H])([2H])C([2H])([2H])NC(=O)[N-]S(=O)(=O)c1ccc(CO)cc1.[Na+]. The maximum Gasteiger partial charge on any atom is 1.00 e. The Morgan fingerprint density at radius 3 is 2.65 bits per heavy atom. The van der Waals surface area contributed by atoms with E-state index in [-0.39, 0.29) is 36.2 Å². The zero-order valence-electron chi connectivity index (χ0n) is 19.5. The Hall–Kier alpha value is -0.600. The van der Waals surface area contributed by atoms with Gasteiger partial charge in [-0.15, -0.1) is 0 Å². The first kappa shape index (κ1) is 8.75. The molecule has 0 aromatic heterocycles. The fraction of sp³-hybridized carbons (Fsp3) is 0.417. The van der Waals surface area contributed by atoms with Gasteiger partial charge in [-0.1, -0.05) is 38.2 Å². The third-order valence-electron chi connectivity index (χ3n) is 1.90. The first-order chi connectivity index (χ1) is 12.4. The molecule has 1 rings (SSSR count). The summed E-state index contributed by atoms with van der Waals surface area (Å²) >= 11 is 0. The van der Waals surface area contributed by atoms with E-state index in [0.29, 0.717) is 5.56 Å². The summed E-state index contributed by atoms with van der Waals surface area (Å²) in [5.41, 5.74) is 0.375. The number of nitrogens with zero attached hydrogens (tertiary/aromatic N) is 1. The van der Waals surface area contributed by atoms with Crippen molar-refractivity contribution in [3.05, 3.63) is 34.6 Å². The van der Waals surface area contributed by atoms with E-state index < -0.39 is 47.0 Å². The number of benzene rings is 1. The number of nitrogens with one attached hydrogen (secondary N) is 1. The maximum absolute atomic E-state index is 12.1. The van der Waals surface area contributed by atoms with Gasteiger partial charge >= 0.3 is 29.6 Å². The number of urea groups is 1. The van der Waals surface area contributed by atoms with Gasteiger partial charge in [-0.3, -0.25) is 4.79 Å². The molecule has 0 bridgehead atoms. The van der Waals surface area contributed by atoms with Gasteiger partial charge in [-0.05, 0) is 17.7 Å². The third-order valence-corrected chi connectivity index (χ3v) is 3.18. The van der Waals surface area contributed by atoms with Crippen LogP contribution in [0.4, 0.5) is 4.79 Å². The standard InChI is InChI=1S/C12H18N2O4S.Na/c1-2-3-8-13-12(16)14-19(17,18)11-6-4-10(9-15)5-7-11;/h4-7,15H,2-3,8-9H2,1H3,(H2,13,14,16);/q;+1/p-1/i1D3,2D2,3D2,8D2;. The zero-order chi connectivity index (χ0) is 22.2. The average Bonchev–Trinajstić information content (AvgIpc) is 2.52. The number of amides is 2. The normalized spacial score (nSPS) is 19.9. The van der Waals surface area contributed by atoms with Gasteiger partial charge in [-0.2, -0.15) is 0 Å². The van der Waals surface area contributed by atoms with Gasteiger partial charge in [0.05, 0.1) is 11.5 Å². The van der Waals surface area contributed by atoms with Crippen LogP contribution in [0.25, 0.3) is 4.72 Å². The second-order valence-corrected chi connectivity index (χ2v) is 4.78. The van der Waals surface area contributed by atoms with E-state index in [1.807, 2.05) is 0 Å². The van der Waals surface area contributed by atoms with Crippen molar-refractivity contribution in [3.8, 4) is 0 Å². The number of rotatable bonds is 6. The molecule has 8 heteroatoms. The summed E-state index contributed by atoms with van der Waals surface area (Å²) in [5, 5.41) is 10.2. The first-order valence-corrected chi connectivity index (χ1v) is 6.33. The minimum absolute atomic E-state index is 0. The Morgan fingerprint density at radius 1 is 1.45 bits per heavy atom. The van der Waals surface area contributed by atoms with Crippen LogP contribution >= 0.6 is 0 Å². The van der Waals surface area contributed by atoms with Crippen molar-refractivity contribution in [2.75, 3.05) is 6.50 Å². The minimum Gasteiger partial charge on any atom is -0.449 e. The molecular weight excluding hydrogens is 291 g/mol. The van der Waals surface area contributed by atoms with Crippen molar-refractivity contribution in [2.45, 2.75) is 31.1 Å². The molecular formula is C12H17N2NaO4S. The number of hydrogen-bond donors (Lipinski definition) is 2. The van der Waals surface area contributed by atoms with Crippen molar-refractivity contribution in [2.24, 2.45) is 0 Å². The van der Waals surface area contributed by atoms with Crippen LogP contribution in [0.3, 0.4) is 0 Å². The first-order valence-electron chi connectivity index (χ1n) is 9.39. The van der Waals surface area contributed by atoms with Crippen LogP contribution in [0.2, 0.25) is 0 Å². The van der Waals surface area contributed by atoms with Crippen molar-refractivity contribution < 1.29 is 60.2 Å². The van der Waals surface area contributed by atoms with Gasteiger partial charge in [0.1, 0.15) is 0 Å². The largest absolute Gasteiger partial charge is 1.00 e. The van der Waals surface area contributed by atoms with Crippen LogP contribution in [-0.2, 0) is 16.6 Å². The summed E-state index contributed by atoms with van der Waals surface area (Å²) in [7, 11) is -4.63. The molecule has 0 heterocycles. The summed E-state index contributed by atoms with van der Waals surface area (Å²) in [6.45, 7) is -7.56. The van der Waals surface area contributed by atoms with Crippen LogP contribution < -0.4 is 34.9 Å². The Bertz CT molecular complexity index is 829. The monoisotopic (exact) mass is 317 g/mol. The molecule has 6 nitrogen and oxygen atoms in total. The molecule has 0 unspecified atom stereocenters. The van der Waals surface area contributed by atoms with Gasteiger partial charge in [0.15, 0.2) is 6.03 Å². The molecule has 0 fully saturated rings.